The van der Waals surface area contributed by atoms with Crippen molar-refractivity contribution in [3.8, 4) is 5.75 Å². The summed E-state index contributed by atoms with van der Waals surface area (Å²) < 4.78 is 5.27. The summed E-state index contributed by atoms with van der Waals surface area (Å²) in [4.78, 5) is 22.2. The van der Waals surface area contributed by atoms with Crippen LogP contribution in [-0.2, 0) is 4.79 Å². The molecule has 2 aromatic heterocycles. The van der Waals surface area contributed by atoms with Gasteiger partial charge in [0, 0.05) is 23.5 Å². The van der Waals surface area contributed by atoms with E-state index in [2.05, 4.69) is 27.1 Å². The van der Waals surface area contributed by atoms with Gasteiger partial charge in [-0.05, 0) is 44.4 Å². The second kappa shape index (κ2) is 7.11. The van der Waals surface area contributed by atoms with E-state index in [4.69, 9.17) is 4.74 Å². The molecule has 0 spiro atoms. The number of amides is 1. The standard InChI is InChI=1S/C18H21N5O2S/c1-11-5-3-4-8-23(11)15(24)10-26-18-20-17-16(21-22-18)13-9-12(25-2)6-7-14(13)19-17/h6-7,9,11H,3-5,8,10H2,1-2H3,(H,19,20,22)/t11-/m0/s1. The maximum Gasteiger partial charge on any atom is 0.233 e. The number of methoxy groups -OCH3 is 1. The highest BCUT2D eigenvalue weighted by Crippen LogP contribution is 2.27. The number of likely N-dealkylation sites (tertiary alicyclic amines) is 1. The molecule has 4 rings (SSSR count). The molecule has 0 radical (unpaired) electrons. The second-order valence-electron chi connectivity index (χ2n) is 6.55. The minimum absolute atomic E-state index is 0.146. The van der Waals surface area contributed by atoms with Crippen molar-refractivity contribution in [2.24, 2.45) is 0 Å². The van der Waals surface area contributed by atoms with Crippen LogP contribution in [0.3, 0.4) is 0 Å². The molecule has 1 atom stereocenters. The van der Waals surface area contributed by atoms with Gasteiger partial charge in [-0.3, -0.25) is 4.79 Å². The highest BCUT2D eigenvalue weighted by Gasteiger charge is 2.23. The van der Waals surface area contributed by atoms with Crippen molar-refractivity contribution in [1.29, 1.82) is 0 Å². The maximum atomic E-state index is 12.5. The molecule has 1 aliphatic heterocycles. The zero-order valence-corrected chi connectivity index (χ0v) is 15.7. The van der Waals surface area contributed by atoms with Crippen LogP contribution in [0.2, 0.25) is 0 Å². The third-order valence-electron chi connectivity index (χ3n) is 4.85. The fraction of sp³-hybridized carbons (Fsp3) is 0.444. The molecule has 1 aromatic carbocycles. The zero-order valence-electron chi connectivity index (χ0n) is 14.9. The Morgan fingerprint density at radius 1 is 1.38 bits per heavy atom. The zero-order chi connectivity index (χ0) is 18.1. The van der Waals surface area contributed by atoms with Gasteiger partial charge in [0.1, 0.15) is 11.3 Å². The lowest BCUT2D eigenvalue weighted by Gasteiger charge is -2.33. The lowest BCUT2D eigenvalue weighted by atomic mass is 10.0. The van der Waals surface area contributed by atoms with Crippen molar-refractivity contribution in [2.45, 2.75) is 37.4 Å². The number of benzene rings is 1. The summed E-state index contributed by atoms with van der Waals surface area (Å²) in [6.07, 6.45) is 3.37. The molecule has 7 nitrogen and oxygen atoms in total. The van der Waals surface area contributed by atoms with Crippen LogP contribution in [0.25, 0.3) is 22.1 Å². The normalized spacial score (nSPS) is 17.8. The van der Waals surface area contributed by atoms with E-state index in [1.807, 2.05) is 23.1 Å². The Bertz CT molecular complexity index is 957. The predicted octanol–water partition coefficient (Wildman–Crippen LogP) is 3.01. The van der Waals surface area contributed by atoms with Crippen LogP contribution >= 0.6 is 11.8 Å². The van der Waals surface area contributed by atoms with Crippen molar-refractivity contribution >= 4 is 39.7 Å². The Hall–Kier alpha value is -2.35. The van der Waals surface area contributed by atoms with Gasteiger partial charge in [-0.1, -0.05) is 11.8 Å². The van der Waals surface area contributed by atoms with Gasteiger partial charge in [0.2, 0.25) is 11.1 Å². The Morgan fingerprint density at radius 3 is 3.08 bits per heavy atom. The van der Waals surface area contributed by atoms with Gasteiger partial charge >= 0.3 is 0 Å². The number of carbonyl (C=O) groups is 1. The summed E-state index contributed by atoms with van der Waals surface area (Å²) in [5.74, 6) is 1.25. The van der Waals surface area contributed by atoms with Crippen molar-refractivity contribution in [3.05, 3.63) is 18.2 Å². The molecule has 26 heavy (non-hydrogen) atoms. The van der Waals surface area contributed by atoms with Crippen LogP contribution in [0, 0.1) is 0 Å². The number of aromatic nitrogens is 4. The molecule has 136 valence electrons. The maximum absolute atomic E-state index is 12.5. The van der Waals surface area contributed by atoms with Gasteiger partial charge < -0.3 is 14.6 Å². The van der Waals surface area contributed by atoms with Crippen molar-refractivity contribution in [3.63, 3.8) is 0 Å². The summed E-state index contributed by atoms with van der Waals surface area (Å²) in [5.41, 5.74) is 2.31. The third-order valence-corrected chi connectivity index (χ3v) is 5.67. The molecule has 3 aromatic rings. The number of nitrogens with one attached hydrogen (secondary N) is 1. The first kappa shape index (κ1) is 17.1. The summed E-state index contributed by atoms with van der Waals surface area (Å²) in [7, 11) is 1.63. The highest BCUT2D eigenvalue weighted by molar-refractivity contribution is 7.99. The third kappa shape index (κ3) is 3.21. The topological polar surface area (TPSA) is 84.0 Å². The lowest BCUT2D eigenvalue weighted by molar-refractivity contribution is -0.131. The number of piperidine rings is 1. The van der Waals surface area contributed by atoms with Crippen LogP contribution in [0.5, 0.6) is 5.75 Å². The van der Waals surface area contributed by atoms with Crippen molar-refractivity contribution < 1.29 is 9.53 Å². The number of hydrogen-bond donors (Lipinski definition) is 1. The first-order valence-electron chi connectivity index (χ1n) is 8.78. The quantitative estimate of drug-likeness (QED) is 0.710. The molecule has 0 saturated carbocycles. The predicted molar refractivity (Wildman–Crippen MR) is 101 cm³/mol. The number of hydrogen-bond acceptors (Lipinski definition) is 6. The summed E-state index contributed by atoms with van der Waals surface area (Å²) in [6, 6.07) is 6.06. The van der Waals surface area contributed by atoms with Crippen LogP contribution in [0.4, 0.5) is 0 Å². The molecule has 1 N–H and O–H groups in total. The SMILES string of the molecule is COc1ccc2[nH]c3nc(SCC(=O)N4CCCC[C@@H]4C)nnc3c2c1. The van der Waals surface area contributed by atoms with Gasteiger partial charge in [0.05, 0.1) is 12.9 Å². The monoisotopic (exact) mass is 371 g/mol. The van der Waals surface area contributed by atoms with E-state index >= 15 is 0 Å². The van der Waals surface area contributed by atoms with E-state index in [-0.39, 0.29) is 5.91 Å². The van der Waals surface area contributed by atoms with Crippen LogP contribution in [0.15, 0.2) is 23.4 Å². The number of rotatable bonds is 4. The second-order valence-corrected chi connectivity index (χ2v) is 7.49. The molecule has 0 unspecified atom stereocenters. The largest absolute Gasteiger partial charge is 0.497 e. The molecular weight excluding hydrogens is 350 g/mol. The van der Waals surface area contributed by atoms with E-state index in [0.717, 1.165) is 36.0 Å². The van der Waals surface area contributed by atoms with Crippen LogP contribution in [0.1, 0.15) is 26.2 Å². The Labute approximate surface area is 155 Å². The summed E-state index contributed by atoms with van der Waals surface area (Å²) >= 11 is 1.34. The van der Waals surface area contributed by atoms with Crippen molar-refractivity contribution in [1.82, 2.24) is 25.1 Å². The first-order valence-corrected chi connectivity index (χ1v) is 9.76. The lowest BCUT2D eigenvalue weighted by Crippen LogP contribution is -2.42. The van der Waals surface area contributed by atoms with E-state index in [0.29, 0.717) is 28.1 Å². The molecule has 3 heterocycles. The smallest absolute Gasteiger partial charge is 0.233 e. The molecule has 0 bridgehead atoms. The molecule has 8 heteroatoms. The van der Waals surface area contributed by atoms with Crippen LogP contribution in [-0.4, -0.2) is 56.4 Å². The summed E-state index contributed by atoms with van der Waals surface area (Å²) in [5, 5.41) is 9.93. The molecule has 1 fully saturated rings. The number of fused-ring (bicyclic) bond motifs is 3. The number of nitrogens with zero attached hydrogens (tertiary/aromatic N) is 4. The number of ether oxygens (including phenoxy) is 1. The van der Waals surface area contributed by atoms with Gasteiger partial charge in [-0.15, -0.1) is 10.2 Å². The minimum Gasteiger partial charge on any atom is -0.497 e. The molecule has 0 aliphatic carbocycles. The first-order chi connectivity index (χ1) is 12.7. The number of carbonyl (C=O) groups excluding carboxylic acids is 1. The minimum atomic E-state index is 0.146. The van der Waals surface area contributed by atoms with E-state index in [1.54, 1.807) is 7.11 Å². The van der Waals surface area contributed by atoms with Gasteiger partial charge in [0.15, 0.2) is 5.65 Å². The van der Waals surface area contributed by atoms with Gasteiger partial charge in [-0.2, -0.15) is 0 Å². The number of aromatic amines is 1. The Kier molecular flexibility index (Phi) is 4.67. The molecule has 1 amide bonds. The Morgan fingerprint density at radius 2 is 2.27 bits per heavy atom. The molecule has 1 aliphatic rings. The molecule has 1 saturated heterocycles. The highest BCUT2D eigenvalue weighted by atomic mass is 32.2. The average Bonchev–Trinajstić information content (AvgIpc) is 3.03. The summed E-state index contributed by atoms with van der Waals surface area (Å²) in [6.45, 7) is 2.97. The average molecular weight is 371 g/mol. The van der Waals surface area contributed by atoms with Gasteiger partial charge in [-0.25, -0.2) is 4.98 Å². The van der Waals surface area contributed by atoms with Gasteiger partial charge in [0.25, 0.3) is 0 Å². The Balaban J connectivity index is 1.52. The number of thioether (sulfide) groups is 1. The van der Waals surface area contributed by atoms with E-state index in [1.165, 1.54) is 18.2 Å². The van der Waals surface area contributed by atoms with Crippen LogP contribution < -0.4 is 4.74 Å². The number of H-pyrrole nitrogens is 1. The fourth-order valence-electron chi connectivity index (χ4n) is 3.40. The van der Waals surface area contributed by atoms with E-state index < -0.39 is 0 Å². The fourth-order valence-corrected chi connectivity index (χ4v) is 4.07. The molecular formula is C18H21N5O2S. The van der Waals surface area contributed by atoms with Crippen molar-refractivity contribution in [2.75, 3.05) is 19.4 Å². The van der Waals surface area contributed by atoms with E-state index in [9.17, 15) is 4.79 Å².